The molecule has 0 saturated heterocycles. The van der Waals surface area contributed by atoms with Crippen molar-refractivity contribution >= 4 is 23.9 Å². The number of benzene rings is 4. The van der Waals surface area contributed by atoms with Crippen molar-refractivity contribution in [1.29, 1.82) is 0 Å². The molecule has 0 bridgehead atoms. The topological polar surface area (TPSA) is 210 Å². The highest BCUT2D eigenvalue weighted by molar-refractivity contribution is 5.95. The van der Waals surface area contributed by atoms with Gasteiger partial charge in [0, 0.05) is 23.7 Å². The fraction of sp³-hybridized carbons (Fsp3) is 0.243. The molecule has 14 nitrogen and oxygen atoms in total. The number of carbonyl (C=O) groups excluding carboxylic acids is 4. The highest BCUT2D eigenvalue weighted by Crippen LogP contribution is 2.27. The van der Waals surface area contributed by atoms with Crippen LogP contribution in [0.3, 0.4) is 0 Å². The zero-order valence-electron chi connectivity index (χ0n) is 28.9. The van der Waals surface area contributed by atoms with Crippen LogP contribution in [0.4, 0.5) is 9.59 Å². The van der Waals surface area contributed by atoms with Gasteiger partial charge in [0.25, 0.3) is 11.8 Å². The molecular weight excluding hydrogens is 656 g/mol. The molecule has 0 aromatic heterocycles. The number of primary amides is 2. The van der Waals surface area contributed by atoms with E-state index in [0.717, 1.165) is 0 Å². The van der Waals surface area contributed by atoms with Gasteiger partial charge in [-0.05, 0) is 78.6 Å². The lowest BCUT2D eigenvalue weighted by molar-refractivity contribution is -0.0440. The zero-order chi connectivity index (χ0) is 37.6. The number of hydrogen-bond donors (Lipinski definition) is 6. The maximum atomic E-state index is 12.2. The quantitative estimate of drug-likeness (QED) is 0.0802. The van der Waals surface area contributed by atoms with E-state index in [1.807, 2.05) is 54.6 Å². The minimum Gasteiger partial charge on any atom is -0.457 e. The van der Waals surface area contributed by atoms with Gasteiger partial charge in [-0.1, -0.05) is 63.2 Å². The molecule has 0 fully saturated rings. The Labute approximate surface area is 296 Å². The Hall–Kier alpha value is -6.12. The monoisotopic (exact) mass is 700 g/mol. The number of urea groups is 2. The van der Waals surface area contributed by atoms with E-state index in [2.05, 4.69) is 31.4 Å². The molecule has 0 radical (unpaired) electrons. The third-order valence-electron chi connectivity index (χ3n) is 7.07. The first-order valence-electron chi connectivity index (χ1n) is 15.9. The van der Waals surface area contributed by atoms with E-state index in [0.29, 0.717) is 44.3 Å². The lowest BCUT2D eigenvalue weighted by Crippen LogP contribution is -2.44. The van der Waals surface area contributed by atoms with E-state index in [-0.39, 0.29) is 36.9 Å². The normalized spacial score (nSPS) is 11.2. The predicted octanol–water partition coefficient (Wildman–Crippen LogP) is 5.64. The summed E-state index contributed by atoms with van der Waals surface area (Å²) in [7, 11) is 0. The average Bonchev–Trinajstić information content (AvgIpc) is 3.09. The molecule has 4 aromatic rings. The van der Waals surface area contributed by atoms with Gasteiger partial charge in [-0.3, -0.25) is 20.0 Å². The van der Waals surface area contributed by atoms with Gasteiger partial charge in [-0.15, -0.1) is 0 Å². The van der Waals surface area contributed by atoms with E-state index >= 15 is 0 Å². The highest BCUT2D eigenvalue weighted by atomic mass is 16.5. The predicted molar refractivity (Wildman–Crippen MR) is 190 cm³/mol. The van der Waals surface area contributed by atoms with E-state index in [1.54, 1.807) is 55.5 Å². The van der Waals surface area contributed by atoms with Crippen LogP contribution < -0.4 is 31.6 Å². The van der Waals surface area contributed by atoms with Gasteiger partial charge in [0.15, 0.2) is 0 Å². The maximum Gasteiger partial charge on any atom is 0.338 e. The van der Waals surface area contributed by atoms with Crippen molar-refractivity contribution in [1.82, 2.24) is 20.8 Å². The molecule has 51 heavy (non-hydrogen) atoms. The van der Waals surface area contributed by atoms with Gasteiger partial charge in [0.2, 0.25) is 0 Å². The van der Waals surface area contributed by atoms with Crippen LogP contribution >= 0.6 is 0 Å². The largest absolute Gasteiger partial charge is 0.457 e. The Morgan fingerprint density at radius 2 is 1.18 bits per heavy atom. The number of ether oxygens (including phenoxy) is 2. The molecule has 270 valence electrons. The Bertz CT molecular complexity index is 1760. The summed E-state index contributed by atoms with van der Waals surface area (Å²) in [5.41, 5.74) is 11.9. The first-order valence-corrected chi connectivity index (χ1v) is 15.9. The summed E-state index contributed by atoms with van der Waals surface area (Å²) in [6.07, 6.45) is 0. The number of carbonyl (C=O) groups is 4. The van der Waals surface area contributed by atoms with Crippen LogP contribution in [-0.2, 0) is 5.41 Å². The van der Waals surface area contributed by atoms with Crippen LogP contribution in [0.1, 0.15) is 54.0 Å². The van der Waals surface area contributed by atoms with Crippen molar-refractivity contribution in [2.24, 2.45) is 11.5 Å². The van der Waals surface area contributed by atoms with Crippen LogP contribution in [0.5, 0.6) is 23.0 Å². The molecule has 0 saturated carbocycles. The number of nitrogens with two attached hydrogens (primary N) is 2. The number of para-hydroxylation sites is 1. The number of nitrogens with zero attached hydrogens (tertiary/aromatic N) is 2. The van der Waals surface area contributed by atoms with Gasteiger partial charge in [-0.25, -0.2) is 19.7 Å². The SMILES string of the molecule is CC(C)(C)c1ccc(Oc2cccc(C(=O)NCCN(O)C(N)=O)c2)cc1.C[C@H](CN(O)C(N)=O)NC(=O)c1cccc(Oc2ccccc2)c1. The van der Waals surface area contributed by atoms with Crippen molar-refractivity contribution in [3.63, 3.8) is 0 Å². The lowest BCUT2D eigenvalue weighted by Gasteiger charge is -2.19. The molecule has 0 aliphatic carbocycles. The van der Waals surface area contributed by atoms with Gasteiger partial charge < -0.3 is 31.6 Å². The number of rotatable bonds is 12. The Morgan fingerprint density at radius 1 is 0.686 bits per heavy atom. The molecule has 0 unspecified atom stereocenters. The third-order valence-corrected chi connectivity index (χ3v) is 7.07. The van der Waals surface area contributed by atoms with E-state index in [1.165, 1.54) is 5.56 Å². The van der Waals surface area contributed by atoms with E-state index in [4.69, 9.17) is 20.9 Å². The maximum absolute atomic E-state index is 12.2. The van der Waals surface area contributed by atoms with Crippen molar-refractivity contribution in [2.75, 3.05) is 19.6 Å². The Balaban J connectivity index is 0.000000277. The molecule has 0 aliphatic rings. The number of nitrogens with one attached hydrogen (secondary N) is 2. The van der Waals surface area contributed by atoms with Gasteiger partial charge in [0.05, 0.1) is 13.1 Å². The number of amides is 6. The summed E-state index contributed by atoms with van der Waals surface area (Å²) in [4.78, 5) is 45.9. The molecule has 4 aromatic carbocycles. The molecule has 14 heteroatoms. The molecule has 0 spiro atoms. The zero-order valence-corrected chi connectivity index (χ0v) is 28.9. The first-order chi connectivity index (χ1) is 24.1. The molecule has 0 aliphatic heterocycles. The van der Waals surface area contributed by atoms with Crippen molar-refractivity contribution in [3.8, 4) is 23.0 Å². The number of hydroxylamine groups is 4. The van der Waals surface area contributed by atoms with Gasteiger partial charge >= 0.3 is 12.1 Å². The summed E-state index contributed by atoms with van der Waals surface area (Å²) < 4.78 is 11.5. The van der Waals surface area contributed by atoms with Gasteiger partial charge in [0.1, 0.15) is 23.0 Å². The summed E-state index contributed by atoms with van der Waals surface area (Å²) >= 11 is 0. The second kappa shape index (κ2) is 18.6. The summed E-state index contributed by atoms with van der Waals surface area (Å²) in [5.74, 6) is 1.72. The molecular formula is C37H44N6O8. The van der Waals surface area contributed by atoms with Crippen molar-refractivity contribution < 1.29 is 39.1 Å². The van der Waals surface area contributed by atoms with Crippen molar-refractivity contribution in [3.05, 3.63) is 120 Å². The molecule has 0 heterocycles. The second-order valence-corrected chi connectivity index (χ2v) is 12.4. The fourth-order valence-corrected chi connectivity index (χ4v) is 4.38. The average molecular weight is 701 g/mol. The summed E-state index contributed by atoms with van der Waals surface area (Å²) in [6, 6.07) is 28.1. The van der Waals surface area contributed by atoms with E-state index in [9.17, 15) is 29.6 Å². The standard InChI is InChI=1S/C20H25N3O4.C17H19N3O4/c1-20(2,3)15-7-9-16(10-8-15)27-17-6-4-5-14(13-17)18(24)22-11-12-23(26)19(21)25;1-12(11-20(23)17(18)22)19-16(21)13-6-5-9-15(10-13)24-14-7-3-2-4-8-14/h4-10,13,26H,11-12H2,1-3H3,(H2,21,25)(H,22,24);2-10,12,23H,11H2,1H3,(H2,18,22)(H,19,21)/t;12-/m.1/s1. The Morgan fingerprint density at radius 3 is 1.69 bits per heavy atom. The van der Waals surface area contributed by atoms with Crippen LogP contribution in [0, 0.1) is 0 Å². The van der Waals surface area contributed by atoms with Crippen LogP contribution in [0.15, 0.2) is 103 Å². The van der Waals surface area contributed by atoms with Gasteiger partial charge in [-0.2, -0.15) is 0 Å². The van der Waals surface area contributed by atoms with Crippen LogP contribution in [0.2, 0.25) is 0 Å². The molecule has 1 atom stereocenters. The molecule has 6 amide bonds. The third kappa shape index (κ3) is 13.4. The molecule has 4 rings (SSSR count). The van der Waals surface area contributed by atoms with E-state index < -0.39 is 18.1 Å². The number of hydrogen-bond acceptors (Lipinski definition) is 8. The summed E-state index contributed by atoms with van der Waals surface area (Å²) in [6.45, 7) is 7.93. The lowest BCUT2D eigenvalue weighted by atomic mass is 9.87. The minimum absolute atomic E-state index is 0.0647. The smallest absolute Gasteiger partial charge is 0.338 e. The van der Waals surface area contributed by atoms with Crippen LogP contribution in [-0.4, -0.2) is 70.1 Å². The first kappa shape index (κ1) is 39.3. The van der Waals surface area contributed by atoms with Crippen molar-refractivity contribution in [2.45, 2.75) is 39.2 Å². The Kier molecular flexibility index (Phi) is 14.3. The summed E-state index contributed by atoms with van der Waals surface area (Å²) in [5, 5.41) is 24.4. The highest BCUT2D eigenvalue weighted by Gasteiger charge is 2.16. The minimum atomic E-state index is -0.977. The fourth-order valence-electron chi connectivity index (χ4n) is 4.38. The van der Waals surface area contributed by atoms with Crippen LogP contribution in [0.25, 0.3) is 0 Å². The molecule has 8 N–H and O–H groups in total. The second-order valence-electron chi connectivity index (χ2n) is 12.4.